The third-order valence-corrected chi connectivity index (χ3v) is 5.11. The first-order valence-corrected chi connectivity index (χ1v) is 7.50. The van der Waals surface area contributed by atoms with Crippen molar-refractivity contribution in [3.05, 3.63) is 0 Å². The molecular formula is C14H27N3. The molecule has 0 aromatic carbocycles. The quantitative estimate of drug-likeness (QED) is 0.732. The van der Waals surface area contributed by atoms with E-state index in [0.29, 0.717) is 0 Å². The summed E-state index contributed by atoms with van der Waals surface area (Å²) in [5.41, 5.74) is 6.27. The summed E-state index contributed by atoms with van der Waals surface area (Å²) >= 11 is 0. The molecule has 3 N–H and O–H groups in total. The van der Waals surface area contributed by atoms with E-state index in [4.69, 9.17) is 5.73 Å². The van der Waals surface area contributed by atoms with Gasteiger partial charge in [-0.1, -0.05) is 19.3 Å². The molecule has 3 nitrogen and oxygen atoms in total. The van der Waals surface area contributed by atoms with Crippen molar-refractivity contribution in [1.29, 1.82) is 0 Å². The van der Waals surface area contributed by atoms with Gasteiger partial charge in [0.05, 0.1) is 0 Å². The Bertz CT molecular complexity index is 260. The number of rotatable bonds is 6. The first kappa shape index (κ1) is 11.9. The van der Waals surface area contributed by atoms with Gasteiger partial charge in [0.2, 0.25) is 0 Å². The predicted molar refractivity (Wildman–Crippen MR) is 71.0 cm³/mol. The fourth-order valence-electron chi connectivity index (χ4n) is 3.36. The van der Waals surface area contributed by atoms with Gasteiger partial charge in [0, 0.05) is 31.2 Å². The van der Waals surface area contributed by atoms with Gasteiger partial charge in [0.25, 0.3) is 0 Å². The molecule has 98 valence electrons. The van der Waals surface area contributed by atoms with E-state index in [1.54, 1.807) is 0 Å². The molecule has 1 saturated heterocycles. The molecule has 1 heterocycles. The van der Waals surface area contributed by atoms with Crippen LogP contribution in [0.15, 0.2) is 0 Å². The molecule has 17 heavy (non-hydrogen) atoms. The normalized spacial score (nSPS) is 35.1. The molecule has 3 aliphatic rings. The van der Waals surface area contributed by atoms with E-state index >= 15 is 0 Å². The maximum atomic E-state index is 6.03. The molecule has 0 amide bonds. The zero-order valence-electron chi connectivity index (χ0n) is 11.0. The highest BCUT2D eigenvalue weighted by molar-refractivity contribution is 5.02. The van der Waals surface area contributed by atoms with Crippen molar-refractivity contribution < 1.29 is 0 Å². The highest BCUT2D eigenvalue weighted by Gasteiger charge is 2.42. The molecule has 3 fully saturated rings. The van der Waals surface area contributed by atoms with Gasteiger partial charge >= 0.3 is 0 Å². The highest BCUT2D eigenvalue weighted by atomic mass is 15.3. The van der Waals surface area contributed by atoms with Crippen molar-refractivity contribution in [2.45, 2.75) is 56.5 Å². The molecule has 2 aliphatic carbocycles. The number of likely N-dealkylation sites (tertiary alicyclic amines) is 1. The van der Waals surface area contributed by atoms with Crippen LogP contribution in [0.25, 0.3) is 0 Å². The molecule has 3 rings (SSSR count). The smallest absolute Gasteiger partial charge is 0.0444 e. The minimum absolute atomic E-state index is 0.242. The van der Waals surface area contributed by atoms with Crippen LogP contribution in [0.4, 0.5) is 0 Å². The molecule has 0 aromatic heterocycles. The van der Waals surface area contributed by atoms with Crippen LogP contribution < -0.4 is 11.1 Å². The Hall–Kier alpha value is -0.120. The topological polar surface area (TPSA) is 41.3 Å². The maximum Gasteiger partial charge on any atom is 0.0444 e. The van der Waals surface area contributed by atoms with Crippen molar-refractivity contribution in [2.75, 3.05) is 26.2 Å². The molecule has 1 atom stereocenters. The van der Waals surface area contributed by atoms with Gasteiger partial charge in [-0.15, -0.1) is 0 Å². The van der Waals surface area contributed by atoms with Crippen molar-refractivity contribution >= 4 is 0 Å². The second-order valence-electron chi connectivity index (χ2n) is 6.45. The van der Waals surface area contributed by atoms with Crippen LogP contribution in [0.5, 0.6) is 0 Å². The second-order valence-corrected chi connectivity index (χ2v) is 6.45. The van der Waals surface area contributed by atoms with Crippen LogP contribution in [-0.4, -0.2) is 42.7 Å². The fraction of sp³-hybridized carbons (Fsp3) is 1.00. The van der Waals surface area contributed by atoms with Gasteiger partial charge in [-0.3, -0.25) is 4.90 Å². The zero-order valence-corrected chi connectivity index (χ0v) is 11.0. The van der Waals surface area contributed by atoms with Crippen LogP contribution in [0.2, 0.25) is 0 Å². The van der Waals surface area contributed by atoms with Crippen LogP contribution in [-0.2, 0) is 0 Å². The molecule has 2 saturated carbocycles. The minimum Gasteiger partial charge on any atom is -0.329 e. The van der Waals surface area contributed by atoms with Crippen molar-refractivity contribution in [3.8, 4) is 0 Å². The van der Waals surface area contributed by atoms with E-state index < -0.39 is 0 Å². The Labute approximate surface area is 105 Å². The molecule has 0 aromatic rings. The SMILES string of the molecule is NCC1(NCCC2CCC2)CCN(C2CC2)C1. The summed E-state index contributed by atoms with van der Waals surface area (Å²) < 4.78 is 0. The number of nitrogens with one attached hydrogen (secondary N) is 1. The average molecular weight is 237 g/mol. The van der Waals surface area contributed by atoms with E-state index in [1.165, 1.54) is 64.6 Å². The van der Waals surface area contributed by atoms with Crippen LogP contribution in [0.1, 0.15) is 44.9 Å². The Morgan fingerprint density at radius 2 is 2.06 bits per heavy atom. The molecular weight excluding hydrogens is 210 g/mol. The van der Waals surface area contributed by atoms with Gasteiger partial charge in [0.15, 0.2) is 0 Å². The van der Waals surface area contributed by atoms with Crippen molar-refractivity contribution in [1.82, 2.24) is 10.2 Å². The second kappa shape index (κ2) is 4.87. The van der Waals surface area contributed by atoms with Crippen molar-refractivity contribution in [2.24, 2.45) is 11.7 Å². The fourth-order valence-corrected chi connectivity index (χ4v) is 3.36. The Morgan fingerprint density at radius 3 is 2.65 bits per heavy atom. The van der Waals surface area contributed by atoms with Gasteiger partial charge in [0.1, 0.15) is 0 Å². The largest absolute Gasteiger partial charge is 0.329 e. The third-order valence-electron chi connectivity index (χ3n) is 5.11. The highest BCUT2D eigenvalue weighted by Crippen LogP contribution is 2.33. The summed E-state index contributed by atoms with van der Waals surface area (Å²) in [5, 5.41) is 3.79. The third kappa shape index (κ3) is 2.67. The summed E-state index contributed by atoms with van der Waals surface area (Å²) in [7, 11) is 0. The zero-order chi connectivity index (χ0) is 11.7. The summed E-state index contributed by atoms with van der Waals surface area (Å²) in [6, 6.07) is 0.900. The minimum atomic E-state index is 0.242. The Kier molecular flexibility index (Phi) is 3.42. The van der Waals surface area contributed by atoms with E-state index in [1.807, 2.05) is 0 Å². The molecule has 0 radical (unpaired) electrons. The van der Waals surface area contributed by atoms with E-state index in [0.717, 1.165) is 18.5 Å². The van der Waals surface area contributed by atoms with Gasteiger partial charge < -0.3 is 11.1 Å². The van der Waals surface area contributed by atoms with Gasteiger partial charge in [-0.05, 0) is 38.1 Å². The lowest BCUT2D eigenvalue weighted by atomic mass is 9.83. The molecule has 0 bridgehead atoms. The predicted octanol–water partition coefficient (Wildman–Crippen LogP) is 1.33. The monoisotopic (exact) mass is 237 g/mol. The summed E-state index contributed by atoms with van der Waals surface area (Å²) in [4.78, 5) is 2.66. The molecule has 1 unspecified atom stereocenters. The number of hydrogen-bond acceptors (Lipinski definition) is 3. The van der Waals surface area contributed by atoms with Gasteiger partial charge in [-0.2, -0.15) is 0 Å². The number of nitrogens with two attached hydrogens (primary N) is 1. The summed E-state index contributed by atoms with van der Waals surface area (Å²) in [6.45, 7) is 4.44. The average Bonchev–Trinajstić information content (AvgIpc) is 3.05. The summed E-state index contributed by atoms with van der Waals surface area (Å²) in [5.74, 6) is 1.01. The molecule has 1 aliphatic heterocycles. The first-order chi connectivity index (χ1) is 8.31. The van der Waals surface area contributed by atoms with E-state index in [9.17, 15) is 0 Å². The lowest BCUT2D eigenvalue weighted by molar-refractivity contribution is 0.250. The van der Waals surface area contributed by atoms with Crippen molar-refractivity contribution in [3.63, 3.8) is 0 Å². The summed E-state index contributed by atoms with van der Waals surface area (Å²) in [6.07, 6.45) is 9.85. The first-order valence-electron chi connectivity index (χ1n) is 7.50. The van der Waals surface area contributed by atoms with Crippen LogP contribution in [0, 0.1) is 5.92 Å². The van der Waals surface area contributed by atoms with Gasteiger partial charge in [-0.25, -0.2) is 0 Å². The number of hydrogen-bond donors (Lipinski definition) is 2. The van der Waals surface area contributed by atoms with E-state index in [2.05, 4.69) is 10.2 Å². The number of nitrogens with zero attached hydrogens (tertiary/aromatic N) is 1. The van der Waals surface area contributed by atoms with Crippen LogP contribution >= 0.6 is 0 Å². The van der Waals surface area contributed by atoms with Crippen LogP contribution in [0.3, 0.4) is 0 Å². The Balaban J connectivity index is 1.44. The standard InChI is InChI=1S/C14H27N3/c15-10-14(16-8-6-12-2-1-3-12)7-9-17(11-14)13-4-5-13/h12-13,16H,1-11,15H2. The maximum absolute atomic E-state index is 6.03. The molecule has 0 spiro atoms. The Morgan fingerprint density at radius 1 is 1.24 bits per heavy atom. The lowest BCUT2D eigenvalue weighted by Crippen LogP contribution is -2.53. The van der Waals surface area contributed by atoms with E-state index in [-0.39, 0.29) is 5.54 Å². The lowest BCUT2D eigenvalue weighted by Gasteiger charge is -2.32. The molecule has 3 heteroatoms.